The van der Waals surface area contributed by atoms with Crippen LogP contribution in [0.4, 0.5) is 0 Å². The first-order valence-electron chi connectivity index (χ1n) is 11.1. The molecule has 0 atom stereocenters. The van der Waals surface area contributed by atoms with Crippen molar-refractivity contribution in [2.45, 2.75) is 51.4 Å². The summed E-state index contributed by atoms with van der Waals surface area (Å²) in [7, 11) is 0. The van der Waals surface area contributed by atoms with Gasteiger partial charge in [-0.25, -0.2) is 5.84 Å². The summed E-state index contributed by atoms with van der Waals surface area (Å²) in [6.45, 7) is 0. The van der Waals surface area contributed by atoms with Crippen molar-refractivity contribution in [2.75, 3.05) is 0 Å². The van der Waals surface area contributed by atoms with Crippen LogP contribution in [0.15, 0.2) is 48.5 Å². The number of amides is 4. The minimum Gasteiger partial charge on any atom is -0.507 e. The van der Waals surface area contributed by atoms with E-state index in [1.165, 1.54) is 48.5 Å². The quantitative estimate of drug-likeness (QED) is 0.146. The fourth-order valence-electron chi connectivity index (χ4n) is 3.28. The van der Waals surface area contributed by atoms with Crippen molar-refractivity contribution in [1.82, 2.24) is 15.9 Å². The molecule has 0 fully saturated rings. The lowest BCUT2D eigenvalue weighted by Crippen LogP contribution is -2.49. The van der Waals surface area contributed by atoms with Crippen LogP contribution in [0.1, 0.15) is 72.1 Å². The summed E-state index contributed by atoms with van der Waals surface area (Å²) >= 11 is 0. The van der Waals surface area contributed by atoms with Gasteiger partial charge in [0.2, 0.25) is 11.8 Å². The van der Waals surface area contributed by atoms with Gasteiger partial charge in [-0.3, -0.25) is 30.0 Å². The molecule has 0 bridgehead atoms. The van der Waals surface area contributed by atoms with Gasteiger partial charge in [0, 0.05) is 12.8 Å². The Morgan fingerprint density at radius 3 is 1.79 bits per heavy atom. The van der Waals surface area contributed by atoms with Crippen LogP contribution >= 0.6 is 0 Å². The Morgan fingerprint density at radius 2 is 1.24 bits per heavy atom. The van der Waals surface area contributed by atoms with Gasteiger partial charge in [-0.1, -0.05) is 49.9 Å². The SMILES string of the molecule is NNC(=O)CCCCCCCCC(=O)N(NC(=O)c1ccccc1O)C(=O)c1ccccc1O. The smallest absolute Gasteiger partial charge is 0.283 e. The number of nitrogens with zero attached hydrogens (tertiary/aromatic N) is 1. The van der Waals surface area contributed by atoms with Crippen LogP contribution in [0, 0.1) is 0 Å². The maximum Gasteiger partial charge on any atom is 0.283 e. The fraction of sp³-hybridized carbons (Fsp3) is 0.333. The molecular formula is C24H30N4O6. The van der Waals surface area contributed by atoms with E-state index < -0.39 is 17.7 Å². The number of nitrogens with one attached hydrogen (secondary N) is 2. The number of hydrazine groups is 2. The Balaban J connectivity index is 1.97. The van der Waals surface area contributed by atoms with Crippen LogP contribution in [-0.2, 0) is 9.59 Å². The predicted octanol–water partition coefficient (Wildman–Crippen LogP) is 2.52. The monoisotopic (exact) mass is 470 g/mol. The minimum absolute atomic E-state index is 0.00400. The van der Waals surface area contributed by atoms with E-state index in [0.29, 0.717) is 17.9 Å². The van der Waals surface area contributed by atoms with Gasteiger partial charge in [0.05, 0.1) is 11.1 Å². The van der Waals surface area contributed by atoms with E-state index in [0.717, 1.165) is 32.1 Å². The van der Waals surface area contributed by atoms with Crippen LogP contribution in [-0.4, -0.2) is 38.9 Å². The number of carbonyl (C=O) groups is 4. The number of phenols is 2. The molecule has 0 unspecified atom stereocenters. The van der Waals surface area contributed by atoms with Gasteiger partial charge in [-0.05, 0) is 37.1 Å². The highest BCUT2D eigenvalue weighted by Gasteiger charge is 2.27. The van der Waals surface area contributed by atoms with Gasteiger partial charge in [0.15, 0.2) is 0 Å². The first-order valence-corrected chi connectivity index (χ1v) is 11.1. The zero-order chi connectivity index (χ0) is 24.9. The number of phenolic OH excluding ortho intramolecular Hbond substituents is 2. The molecule has 10 heteroatoms. The predicted molar refractivity (Wildman–Crippen MR) is 124 cm³/mol. The summed E-state index contributed by atoms with van der Waals surface area (Å²) in [5, 5.41) is 20.5. The zero-order valence-corrected chi connectivity index (χ0v) is 18.8. The Kier molecular flexibility index (Phi) is 10.5. The molecule has 0 aliphatic heterocycles. The zero-order valence-electron chi connectivity index (χ0n) is 18.8. The van der Waals surface area contributed by atoms with E-state index in [2.05, 4.69) is 10.9 Å². The molecule has 182 valence electrons. The minimum atomic E-state index is -0.884. The first-order chi connectivity index (χ1) is 16.3. The van der Waals surface area contributed by atoms with Crippen LogP contribution in [0.3, 0.4) is 0 Å². The molecule has 0 saturated carbocycles. The average molecular weight is 471 g/mol. The molecule has 2 aromatic rings. The molecule has 10 nitrogen and oxygen atoms in total. The second-order valence-corrected chi connectivity index (χ2v) is 7.70. The normalized spacial score (nSPS) is 10.4. The van der Waals surface area contributed by atoms with E-state index in [-0.39, 0.29) is 35.0 Å². The molecule has 0 aliphatic rings. The van der Waals surface area contributed by atoms with E-state index in [9.17, 15) is 29.4 Å². The lowest BCUT2D eigenvalue weighted by Gasteiger charge is -2.22. The van der Waals surface area contributed by atoms with Crippen molar-refractivity contribution in [3.8, 4) is 11.5 Å². The highest BCUT2D eigenvalue weighted by Crippen LogP contribution is 2.20. The molecule has 0 aromatic heterocycles. The Labute approximate surface area is 197 Å². The van der Waals surface area contributed by atoms with E-state index >= 15 is 0 Å². The van der Waals surface area contributed by atoms with Crippen molar-refractivity contribution in [3.63, 3.8) is 0 Å². The third-order valence-corrected chi connectivity index (χ3v) is 5.15. The third kappa shape index (κ3) is 7.89. The summed E-state index contributed by atoms with van der Waals surface area (Å²) in [5.41, 5.74) is 4.10. The highest BCUT2D eigenvalue weighted by atomic mass is 16.3. The second kappa shape index (κ2) is 13.6. The fourth-order valence-corrected chi connectivity index (χ4v) is 3.28. The number of hydrogen-bond acceptors (Lipinski definition) is 7. The van der Waals surface area contributed by atoms with Crippen molar-refractivity contribution in [2.24, 2.45) is 5.84 Å². The third-order valence-electron chi connectivity index (χ3n) is 5.15. The van der Waals surface area contributed by atoms with Crippen molar-refractivity contribution in [1.29, 1.82) is 0 Å². The summed E-state index contributed by atoms with van der Waals surface area (Å²) in [5.74, 6) is 1.84. The van der Waals surface area contributed by atoms with Gasteiger partial charge in [0.1, 0.15) is 11.5 Å². The maximum absolute atomic E-state index is 13.0. The average Bonchev–Trinajstić information content (AvgIpc) is 2.83. The number of nitrogens with two attached hydrogens (primary N) is 1. The molecule has 2 aromatic carbocycles. The molecule has 0 saturated heterocycles. The molecule has 4 amide bonds. The lowest BCUT2D eigenvalue weighted by atomic mass is 10.1. The van der Waals surface area contributed by atoms with Gasteiger partial charge in [-0.2, -0.15) is 5.01 Å². The molecular weight excluding hydrogens is 440 g/mol. The van der Waals surface area contributed by atoms with E-state index in [1.54, 1.807) is 0 Å². The van der Waals surface area contributed by atoms with Gasteiger partial charge in [0.25, 0.3) is 11.8 Å². The maximum atomic E-state index is 13.0. The number of carbonyl (C=O) groups excluding carboxylic acids is 4. The largest absolute Gasteiger partial charge is 0.507 e. The molecule has 0 spiro atoms. The van der Waals surface area contributed by atoms with Crippen LogP contribution in [0.5, 0.6) is 11.5 Å². The Hall–Kier alpha value is -3.92. The van der Waals surface area contributed by atoms with Crippen LogP contribution < -0.4 is 16.7 Å². The van der Waals surface area contributed by atoms with Crippen molar-refractivity contribution in [3.05, 3.63) is 59.7 Å². The standard InChI is InChI=1S/C24H30N4O6/c25-26-21(31)15-5-3-1-2-4-6-16-22(32)28(24(34)18-12-8-10-14-20(18)30)27-23(33)17-11-7-9-13-19(17)29/h7-14,29-30H,1-6,15-16,25H2,(H,26,31)(H,27,33). The number of rotatable bonds is 11. The molecule has 0 radical (unpaired) electrons. The van der Waals surface area contributed by atoms with Crippen molar-refractivity contribution < 1.29 is 29.4 Å². The van der Waals surface area contributed by atoms with Crippen molar-refractivity contribution >= 4 is 23.6 Å². The number of unbranched alkanes of at least 4 members (excludes halogenated alkanes) is 5. The number of hydrogen-bond donors (Lipinski definition) is 5. The Bertz CT molecular complexity index is 1010. The summed E-state index contributed by atoms with van der Waals surface area (Å²) < 4.78 is 0. The number of para-hydroxylation sites is 2. The molecule has 6 N–H and O–H groups in total. The molecule has 2 rings (SSSR count). The van der Waals surface area contributed by atoms with Gasteiger partial charge >= 0.3 is 0 Å². The number of imide groups is 1. The highest BCUT2D eigenvalue weighted by molar-refractivity contribution is 6.08. The molecule has 0 heterocycles. The van der Waals surface area contributed by atoms with E-state index in [4.69, 9.17) is 5.84 Å². The summed E-state index contributed by atoms with van der Waals surface area (Å²) in [4.78, 5) is 49.5. The second-order valence-electron chi connectivity index (χ2n) is 7.70. The first kappa shape index (κ1) is 26.3. The summed E-state index contributed by atoms with van der Waals surface area (Å²) in [6, 6.07) is 11.4. The lowest BCUT2D eigenvalue weighted by molar-refractivity contribution is -0.130. The van der Waals surface area contributed by atoms with Crippen LogP contribution in [0.25, 0.3) is 0 Å². The topological polar surface area (TPSA) is 162 Å². The molecule has 0 aliphatic carbocycles. The number of aromatic hydroxyl groups is 2. The Morgan fingerprint density at radius 1 is 0.735 bits per heavy atom. The van der Waals surface area contributed by atoms with Gasteiger partial charge < -0.3 is 10.2 Å². The van der Waals surface area contributed by atoms with Gasteiger partial charge in [-0.15, -0.1) is 0 Å². The number of benzene rings is 2. The van der Waals surface area contributed by atoms with E-state index in [1.807, 2.05) is 0 Å². The summed E-state index contributed by atoms with van der Waals surface area (Å²) in [6.07, 6.45) is 4.88. The van der Waals surface area contributed by atoms with Crippen LogP contribution in [0.2, 0.25) is 0 Å². The molecule has 34 heavy (non-hydrogen) atoms.